The first-order valence-electron chi connectivity index (χ1n) is 10.3. The zero-order valence-corrected chi connectivity index (χ0v) is 21.1. The molecule has 4 rings (SSSR count). The van der Waals surface area contributed by atoms with Gasteiger partial charge in [-0.25, -0.2) is 8.42 Å². The molecule has 1 atom stereocenters. The first-order chi connectivity index (χ1) is 16.9. The Bertz CT molecular complexity index is 1380. The number of allylic oxidation sites excluding steroid dienone is 6. The van der Waals surface area contributed by atoms with Crippen LogP contribution in [0.2, 0.25) is 0 Å². The highest BCUT2D eigenvalue weighted by Gasteiger charge is 2.39. The molecule has 10 nitrogen and oxygen atoms in total. The van der Waals surface area contributed by atoms with Crippen LogP contribution >= 0.6 is 23.2 Å². The Morgan fingerprint density at radius 3 is 2.64 bits per heavy atom. The Labute approximate surface area is 213 Å². The van der Waals surface area contributed by atoms with Gasteiger partial charge in [0, 0.05) is 31.5 Å². The number of ether oxygens (including phenoxy) is 1. The van der Waals surface area contributed by atoms with Crippen molar-refractivity contribution in [2.45, 2.75) is 31.7 Å². The summed E-state index contributed by atoms with van der Waals surface area (Å²) in [6.45, 7) is 0.0534. The minimum Gasteiger partial charge on any atom is -0.377 e. The van der Waals surface area contributed by atoms with Gasteiger partial charge in [0.05, 0.1) is 21.2 Å². The van der Waals surface area contributed by atoms with Crippen LogP contribution in [0.4, 0.5) is 13.2 Å². The lowest BCUT2D eigenvalue weighted by Gasteiger charge is -2.32. The molecule has 1 unspecified atom stereocenters. The largest absolute Gasteiger partial charge is 0.417 e. The van der Waals surface area contributed by atoms with Crippen molar-refractivity contribution in [3.63, 3.8) is 0 Å². The van der Waals surface area contributed by atoms with Crippen LogP contribution in [0.25, 0.3) is 5.82 Å². The molecule has 2 aromatic rings. The molecule has 1 N–H and O–H groups in total. The van der Waals surface area contributed by atoms with E-state index in [4.69, 9.17) is 32.5 Å². The Balaban J connectivity index is 1.76. The van der Waals surface area contributed by atoms with Crippen LogP contribution in [0, 0.1) is 0 Å². The van der Waals surface area contributed by atoms with Gasteiger partial charge in [-0.05, 0) is 25.0 Å². The molecule has 2 aromatic heterocycles. The third-order valence-electron chi connectivity index (χ3n) is 5.34. The molecule has 2 aliphatic rings. The van der Waals surface area contributed by atoms with Crippen molar-refractivity contribution in [3.05, 3.63) is 68.6 Å². The molecule has 0 spiro atoms. The van der Waals surface area contributed by atoms with E-state index in [0.717, 1.165) is 0 Å². The molecule has 0 radical (unpaired) electrons. The highest BCUT2D eigenvalue weighted by molar-refractivity contribution is 7.93. The quantitative estimate of drug-likeness (QED) is 0.534. The van der Waals surface area contributed by atoms with Gasteiger partial charge in [0.1, 0.15) is 18.9 Å². The Hall–Kier alpha value is -2.81. The summed E-state index contributed by atoms with van der Waals surface area (Å²) in [7, 11) is -1.35. The van der Waals surface area contributed by atoms with Gasteiger partial charge in [-0.1, -0.05) is 28.4 Å². The fraction of sp³-hybridized carbons (Fsp3) is 0.350. The second-order valence-corrected chi connectivity index (χ2v) is 10.4. The molecule has 1 aliphatic carbocycles. The van der Waals surface area contributed by atoms with E-state index in [-0.39, 0.29) is 36.0 Å². The molecule has 0 fully saturated rings. The first kappa shape index (κ1) is 26.3. The van der Waals surface area contributed by atoms with Crippen molar-refractivity contribution in [2.24, 2.45) is 0 Å². The van der Waals surface area contributed by atoms with Gasteiger partial charge in [-0.2, -0.15) is 13.2 Å². The van der Waals surface area contributed by atoms with Crippen molar-refractivity contribution >= 4 is 33.2 Å². The van der Waals surface area contributed by atoms with Crippen LogP contribution in [-0.2, 0) is 21.4 Å². The molecule has 0 aromatic carbocycles. The minimum absolute atomic E-state index is 0.0289. The van der Waals surface area contributed by atoms with Crippen LogP contribution in [0.5, 0.6) is 0 Å². The van der Waals surface area contributed by atoms with Gasteiger partial charge < -0.3 is 14.2 Å². The van der Waals surface area contributed by atoms with Gasteiger partial charge in [0.2, 0.25) is 0 Å². The maximum absolute atomic E-state index is 13.4. The normalized spacial score (nSPS) is 19.2. The summed E-state index contributed by atoms with van der Waals surface area (Å²) in [6, 6.07) is 0.648. The van der Waals surface area contributed by atoms with Crippen molar-refractivity contribution in [2.75, 3.05) is 14.2 Å². The topological polar surface area (TPSA) is 115 Å². The number of aromatic nitrogens is 4. The van der Waals surface area contributed by atoms with Crippen molar-refractivity contribution in [3.8, 4) is 5.82 Å². The van der Waals surface area contributed by atoms with E-state index in [1.807, 2.05) is 0 Å². The molecular weight excluding hydrogens is 548 g/mol. The van der Waals surface area contributed by atoms with E-state index in [9.17, 15) is 21.6 Å². The van der Waals surface area contributed by atoms with Gasteiger partial charge in [0.15, 0.2) is 17.5 Å². The third kappa shape index (κ3) is 5.16. The number of nitrogens with one attached hydrogen (secondary N) is 1. The average molecular weight is 567 g/mol. The molecule has 0 amide bonds. The van der Waals surface area contributed by atoms with Crippen molar-refractivity contribution < 1.29 is 30.8 Å². The summed E-state index contributed by atoms with van der Waals surface area (Å²) in [5.74, 6) is 0.884. The van der Waals surface area contributed by atoms with Crippen molar-refractivity contribution in [1.29, 1.82) is 0 Å². The van der Waals surface area contributed by atoms with Crippen LogP contribution < -0.4 is 4.72 Å². The fourth-order valence-corrected chi connectivity index (χ4v) is 5.59. The fourth-order valence-electron chi connectivity index (χ4n) is 3.81. The number of rotatable bonds is 7. The number of sulfonamides is 1. The van der Waals surface area contributed by atoms with Crippen LogP contribution in [-0.4, -0.2) is 53.6 Å². The van der Waals surface area contributed by atoms with E-state index in [1.54, 1.807) is 18.0 Å². The van der Waals surface area contributed by atoms with Crippen LogP contribution in [0.1, 0.15) is 30.5 Å². The number of likely N-dealkylation sites (N-methyl/N-ethyl adjacent to an activating group) is 1. The summed E-state index contributed by atoms with van der Waals surface area (Å²) in [6.07, 6.45) is -0.524. The van der Waals surface area contributed by atoms with E-state index in [0.29, 0.717) is 17.7 Å². The molecule has 36 heavy (non-hydrogen) atoms. The maximum atomic E-state index is 13.4. The van der Waals surface area contributed by atoms with E-state index in [1.165, 1.54) is 30.2 Å². The SMILES string of the molecule is COCc1nnc(C2C(NS(=O)(=O)C3=CC(C(F)(F)F)=C(Cl)CC3)=CC(Cl)=CN2C)n1-c1ccon1. The van der Waals surface area contributed by atoms with E-state index < -0.39 is 37.8 Å². The lowest BCUT2D eigenvalue weighted by Crippen LogP contribution is -2.36. The summed E-state index contributed by atoms with van der Waals surface area (Å²) in [5, 5.41) is 12.0. The number of halogens is 5. The summed E-state index contributed by atoms with van der Waals surface area (Å²) in [5.41, 5.74) is -1.17. The van der Waals surface area contributed by atoms with Crippen molar-refractivity contribution in [1.82, 2.24) is 29.5 Å². The number of methoxy groups -OCH3 is 1. The molecule has 194 valence electrons. The highest BCUT2D eigenvalue weighted by Crippen LogP contribution is 2.39. The van der Waals surface area contributed by atoms with Crippen LogP contribution in [0.15, 0.2) is 61.4 Å². The second-order valence-electron chi connectivity index (χ2n) is 7.81. The van der Waals surface area contributed by atoms with Gasteiger partial charge in [-0.15, -0.1) is 10.2 Å². The smallest absolute Gasteiger partial charge is 0.377 e. The molecule has 16 heteroatoms. The van der Waals surface area contributed by atoms with Gasteiger partial charge >= 0.3 is 6.18 Å². The predicted molar refractivity (Wildman–Crippen MR) is 123 cm³/mol. The Morgan fingerprint density at radius 2 is 2.00 bits per heavy atom. The monoisotopic (exact) mass is 566 g/mol. The molecule has 0 saturated carbocycles. The zero-order chi connectivity index (χ0) is 26.3. The van der Waals surface area contributed by atoms with E-state index in [2.05, 4.69) is 20.1 Å². The minimum atomic E-state index is -4.80. The Morgan fingerprint density at radius 1 is 1.25 bits per heavy atom. The van der Waals surface area contributed by atoms with Gasteiger partial charge in [-0.3, -0.25) is 9.29 Å². The molecule has 1 aliphatic heterocycles. The lowest BCUT2D eigenvalue weighted by atomic mass is 10.1. The maximum Gasteiger partial charge on any atom is 0.417 e. The molecule has 3 heterocycles. The lowest BCUT2D eigenvalue weighted by molar-refractivity contribution is -0.0889. The number of hydrogen-bond acceptors (Lipinski definition) is 8. The highest BCUT2D eigenvalue weighted by atomic mass is 35.5. The summed E-state index contributed by atoms with van der Waals surface area (Å²) >= 11 is 11.9. The number of alkyl halides is 3. The zero-order valence-electron chi connectivity index (χ0n) is 18.8. The predicted octanol–water partition coefficient (Wildman–Crippen LogP) is 4.00. The van der Waals surface area contributed by atoms with Crippen LogP contribution in [0.3, 0.4) is 0 Å². The second kappa shape index (κ2) is 9.92. The third-order valence-corrected chi connectivity index (χ3v) is 7.46. The molecule has 0 saturated heterocycles. The van der Waals surface area contributed by atoms with Gasteiger partial charge in [0.25, 0.3) is 10.0 Å². The Kier molecular flexibility index (Phi) is 7.23. The first-order valence-corrected chi connectivity index (χ1v) is 12.5. The summed E-state index contributed by atoms with van der Waals surface area (Å²) in [4.78, 5) is 1.11. The van der Waals surface area contributed by atoms with E-state index >= 15 is 0 Å². The number of hydrogen-bond donors (Lipinski definition) is 1. The average Bonchev–Trinajstić information content (AvgIpc) is 3.42. The molecular formula is C20H19Cl2F3N6O4S. The standard InChI is InChI=1S/C20H19Cl2F3N6O4S/c1-30-9-11(21)7-15(29-36(32,33)12-3-4-14(22)13(8-12)20(23,24)25)18(30)19-27-26-17(10-34-2)31(19)16-5-6-35-28-16/h5-9,18,29H,3-4,10H2,1-2H3. The summed E-state index contributed by atoms with van der Waals surface area (Å²) < 4.78 is 80.5. The molecule has 0 bridgehead atoms. The number of nitrogens with zero attached hydrogens (tertiary/aromatic N) is 5.